The first-order chi connectivity index (χ1) is 9.42. The number of ether oxygens (including phenoxy) is 2. The first-order valence-corrected chi connectivity index (χ1v) is 7.30. The Hall–Kier alpha value is -1.30. The van der Waals surface area contributed by atoms with E-state index in [2.05, 4.69) is 5.32 Å². The third kappa shape index (κ3) is 9.28. The molecule has 124 valence electrons. The number of carbonyl (C=O) groups excluding carboxylic acids is 2. The van der Waals surface area contributed by atoms with Gasteiger partial charge in [0.15, 0.2) is 6.10 Å². The average molecular weight is 303 g/mol. The van der Waals surface area contributed by atoms with Gasteiger partial charge in [0.05, 0.1) is 12.1 Å². The molecule has 0 aliphatic rings. The van der Waals surface area contributed by atoms with Crippen LogP contribution in [0.2, 0.25) is 0 Å². The van der Waals surface area contributed by atoms with Crippen molar-refractivity contribution in [3.8, 4) is 0 Å². The fourth-order valence-electron chi connectivity index (χ4n) is 1.70. The van der Waals surface area contributed by atoms with Gasteiger partial charge in [0, 0.05) is 0 Å². The van der Waals surface area contributed by atoms with Crippen LogP contribution in [0.25, 0.3) is 0 Å². The number of rotatable bonds is 6. The van der Waals surface area contributed by atoms with Crippen molar-refractivity contribution in [3.05, 3.63) is 0 Å². The second-order valence-electron chi connectivity index (χ2n) is 6.81. The minimum Gasteiger partial charge on any atom is -0.461 e. The quantitative estimate of drug-likeness (QED) is 0.735. The van der Waals surface area contributed by atoms with Gasteiger partial charge in [0.2, 0.25) is 0 Å². The van der Waals surface area contributed by atoms with E-state index in [0.29, 0.717) is 6.42 Å². The minimum atomic E-state index is -1.41. The van der Waals surface area contributed by atoms with Crippen molar-refractivity contribution in [2.75, 3.05) is 0 Å². The van der Waals surface area contributed by atoms with Crippen LogP contribution in [-0.2, 0) is 14.3 Å². The van der Waals surface area contributed by atoms with Gasteiger partial charge in [0.1, 0.15) is 5.60 Å². The topological polar surface area (TPSA) is 84.9 Å². The van der Waals surface area contributed by atoms with E-state index in [1.165, 1.54) is 0 Å². The maximum absolute atomic E-state index is 11.8. The fraction of sp³-hybridized carbons (Fsp3) is 0.867. The van der Waals surface area contributed by atoms with Crippen molar-refractivity contribution in [2.24, 2.45) is 5.92 Å². The van der Waals surface area contributed by atoms with Crippen molar-refractivity contribution in [3.63, 3.8) is 0 Å². The SMILES string of the molecule is CC(C)CC(NC(=O)OC(C)(C)C)C(O)C(=O)OC(C)C. The summed E-state index contributed by atoms with van der Waals surface area (Å²) in [6.45, 7) is 12.5. The van der Waals surface area contributed by atoms with E-state index in [1.807, 2.05) is 13.8 Å². The van der Waals surface area contributed by atoms with Gasteiger partial charge in [-0.1, -0.05) is 13.8 Å². The molecule has 0 aromatic heterocycles. The van der Waals surface area contributed by atoms with Gasteiger partial charge in [-0.3, -0.25) is 0 Å². The smallest absolute Gasteiger partial charge is 0.407 e. The molecule has 0 rings (SSSR count). The summed E-state index contributed by atoms with van der Waals surface area (Å²) in [6, 6.07) is -0.744. The molecule has 0 saturated heterocycles. The third-order valence-electron chi connectivity index (χ3n) is 2.40. The summed E-state index contributed by atoms with van der Waals surface area (Å²) in [4.78, 5) is 23.6. The van der Waals surface area contributed by atoms with Gasteiger partial charge in [0.25, 0.3) is 0 Å². The van der Waals surface area contributed by atoms with E-state index >= 15 is 0 Å². The lowest BCUT2D eigenvalue weighted by Crippen LogP contribution is -2.49. The third-order valence-corrected chi connectivity index (χ3v) is 2.40. The van der Waals surface area contributed by atoms with Crippen LogP contribution >= 0.6 is 0 Å². The van der Waals surface area contributed by atoms with Crippen LogP contribution in [0.1, 0.15) is 54.9 Å². The number of alkyl carbamates (subject to hydrolysis) is 1. The Bertz CT molecular complexity index is 346. The van der Waals surface area contributed by atoms with Crippen LogP contribution in [0, 0.1) is 5.92 Å². The Morgan fingerprint density at radius 1 is 1.14 bits per heavy atom. The lowest BCUT2D eigenvalue weighted by molar-refractivity contribution is -0.159. The lowest BCUT2D eigenvalue weighted by Gasteiger charge is -2.27. The van der Waals surface area contributed by atoms with Crippen LogP contribution < -0.4 is 5.32 Å². The zero-order chi connectivity index (χ0) is 16.8. The molecule has 0 aliphatic heterocycles. The van der Waals surface area contributed by atoms with E-state index in [0.717, 1.165) is 0 Å². The molecular weight excluding hydrogens is 274 g/mol. The first kappa shape index (κ1) is 19.7. The summed E-state index contributed by atoms with van der Waals surface area (Å²) in [5, 5.41) is 12.6. The molecule has 0 bridgehead atoms. The summed E-state index contributed by atoms with van der Waals surface area (Å²) in [6.07, 6.45) is -1.96. The highest BCUT2D eigenvalue weighted by atomic mass is 16.6. The molecule has 6 nitrogen and oxygen atoms in total. The molecule has 2 atom stereocenters. The van der Waals surface area contributed by atoms with Gasteiger partial charge in [-0.15, -0.1) is 0 Å². The molecule has 0 aromatic carbocycles. The van der Waals surface area contributed by atoms with Gasteiger partial charge in [-0.2, -0.15) is 0 Å². The Labute approximate surface area is 127 Å². The molecule has 0 radical (unpaired) electrons. The molecule has 0 heterocycles. The molecule has 0 saturated carbocycles. The Kier molecular flexibility index (Phi) is 7.71. The average Bonchev–Trinajstić information content (AvgIpc) is 2.22. The highest BCUT2D eigenvalue weighted by Crippen LogP contribution is 2.13. The highest BCUT2D eigenvalue weighted by Gasteiger charge is 2.31. The lowest BCUT2D eigenvalue weighted by atomic mass is 9.99. The van der Waals surface area contributed by atoms with Crippen molar-refractivity contribution < 1.29 is 24.2 Å². The van der Waals surface area contributed by atoms with Crippen molar-refractivity contribution in [1.29, 1.82) is 0 Å². The molecular formula is C15H29NO5. The van der Waals surface area contributed by atoms with E-state index in [1.54, 1.807) is 34.6 Å². The summed E-state index contributed by atoms with van der Waals surface area (Å²) in [7, 11) is 0. The summed E-state index contributed by atoms with van der Waals surface area (Å²) in [5.41, 5.74) is -0.643. The molecule has 2 N–H and O–H groups in total. The van der Waals surface area contributed by atoms with Crippen molar-refractivity contribution >= 4 is 12.1 Å². The van der Waals surface area contributed by atoms with Crippen LogP contribution in [0.5, 0.6) is 0 Å². The predicted octanol–water partition coefficient (Wildman–Crippen LogP) is 2.24. The molecule has 0 spiro atoms. The largest absolute Gasteiger partial charge is 0.461 e. The number of aliphatic hydroxyl groups excluding tert-OH is 1. The number of amides is 1. The summed E-state index contributed by atoms with van der Waals surface area (Å²) < 4.78 is 10.1. The molecule has 1 amide bonds. The van der Waals surface area contributed by atoms with Crippen LogP contribution in [-0.4, -0.2) is 41.0 Å². The van der Waals surface area contributed by atoms with Crippen molar-refractivity contribution in [2.45, 2.75) is 78.7 Å². The van der Waals surface area contributed by atoms with E-state index in [9.17, 15) is 14.7 Å². The Morgan fingerprint density at radius 2 is 1.67 bits per heavy atom. The van der Waals surface area contributed by atoms with Crippen LogP contribution in [0.3, 0.4) is 0 Å². The van der Waals surface area contributed by atoms with E-state index in [-0.39, 0.29) is 12.0 Å². The van der Waals surface area contributed by atoms with Gasteiger partial charge in [-0.25, -0.2) is 9.59 Å². The predicted molar refractivity (Wildman–Crippen MR) is 79.8 cm³/mol. The van der Waals surface area contributed by atoms with Crippen LogP contribution in [0.4, 0.5) is 4.79 Å². The van der Waals surface area contributed by atoms with Gasteiger partial charge < -0.3 is 19.9 Å². The Balaban J connectivity index is 4.79. The number of esters is 1. The second-order valence-corrected chi connectivity index (χ2v) is 6.81. The molecule has 0 aromatic rings. The molecule has 21 heavy (non-hydrogen) atoms. The number of carbonyl (C=O) groups is 2. The monoisotopic (exact) mass is 303 g/mol. The summed E-state index contributed by atoms with van der Waals surface area (Å²) >= 11 is 0. The van der Waals surface area contributed by atoms with E-state index in [4.69, 9.17) is 9.47 Å². The van der Waals surface area contributed by atoms with E-state index < -0.39 is 29.8 Å². The Morgan fingerprint density at radius 3 is 2.05 bits per heavy atom. The molecule has 6 heteroatoms. The number of aliphatic hydroxyl groups is 1. The number of hydrogen-bond acceptors (Lipinski definition) is 5. The van der Waals surface area contributed by atoms with Gasteiger partial charge >= 0.3 is 12.1 Å². The zero-order valence-corrected chi connectivity index (χ0v) is 14.1. The number of nitrogens with one attached hydrogen (secondary N) is 1. The highest BCUT2D eigenvalue weighted by molar-refractivity contribution is 5.77. The standard InChI is InChI=1S/C15H29NO5/c1-9(2)8-11(12(17)13(18)20-10(3)4)16-14(19)21-15(5,6)7/h9-12,17H,8H2,1-7H3,(H,16,19). The first-order valence-electron chi connectivity index (χ1n) is 7.30. The fourth-order valence-corrected chi connectivity index (χ4v) is 1.70. The second kappa shape index (κ2) is 8.22. The van der Waals surface area contributed by atoms with Gasteiger partial charge in [-0.05, 0) is 47.0 Å². The zero-order valence-electron chi connectivity index (χ0n) is 14.1. The molecule has 0 fully saturated rings. The molecule has 0 aliphatic carbocycles. The number of hydrogen-bond donors (Lipinski definition) is 2. The maximum Gasteiger partial charge on any atom is 0.407 e. The molecule has 2 unspecified atom stereocenters. The normalized spacial score (nSPS) is 14.8. The van der Waals surface area contributed by atoms with Crippen LogP contribution in [0.15, 0.2) is 0 Å². The maximum atomic E-state index is 11.8. The van der Waals surface area contributed by atoms with Crippen molar-refractivity contribution in [1.82, 2.24) is 5.32 Å². The summed E-state index contributed by atoms with van der Waals surface area (Å²) in [5.74, 6) is -0.557. The minimum absolute atomic E-state index is 0.187.